The molecular weight excluding hydrogens is 304 g/mol. The lowest BCUT2D eigenvalue weighted by Crippen LogP contribution is -2.17. The quantitative estimate of drug-likeness (QED) is 0.883. The van der Waals surface area contributed by atoms with E-state index in [-0.39, 0.29) is 11.6 Å². The summed E-state index contributed by atoms with van der Waals surface area (Å²) < 4.78 is 5.43. The number of carboxylic acids is 1. The van der Waals surface area contributed by atoms with Gasteiger partial charge in [-0.1, -0.05) is 26.0 Å². The molecule has 0 amide bonds. The van der Waals surface area contributed by atoms with Gasteiger partial charge in [-0.15, -0.1) is 0 Å². The highest BCUT2D eigenvalue weighted by atomic mass is 16.5. The van der Waals surface area contributed by atoms with Crippen molar-refractivity contribution in [3.8, 4) is 5.75 Å². The molecule has 1 aromatic heterocycles. The first-order chi connectivity index (χ1) is 11.7. The molecule has 0 bridgehead atoms. The van der Waals surface area contributed by atoms with Crippen LogP contribution in [0, 0.1) is 0 Å². The summed E-state index contributed by atoms with van der Waals surface area (Å²) in [5, 5.41) is 12.7. The number of hydrogen-bond donors (Lipinski definition) is 2. The molecule has 24 heavy (non-hydrogen) atoms. The third-order valence-electron chi connectivity index (χ3n) is 3.54. The summed E-state index contributed by atoms with van der Waals surface area (Å²) in [6.07, 6.45) is 4.92. The van der Waals surface area contributed by atoms with Gasteiger partial charge in [0.15, 0.2) is 0 Å². The van der Waals surface area contributed by atoms with Crippen LogP contribution in [-0.2, 0) is 4.79 Å². The Morgan fingerprint density at radius 1 is 1.25 bits per heavy atom. The standard InChI is InChI=1S/C17H16N2O3.C2H6/c1-2-22-12-5-3-11(4-6-12)16-9-13(17(20)21)14-10-18-8-7-15(14)19-16;1-2/h3-10,16,19H,2H2,1H3,(H,20,21);1-2H3. The average Bonchev–Trinajstić information content (AvgIpc) is 2.63. The van der Waals surface area contributed by atoms with E-state index in [1.165, 1.54) is 0 Å². The van der Waals surface area contributed by atoms with Crippen molar-refractivity contribution in [1.82, 2.24) is 4.98 Å². The van der Waals surface area contributed by atoms with Gasteiger partial charge >= 0.3 is 5.97 Å². The van der Waals surface area contributed by atoms with Crippen LogP contribution >= 0.6 is 0 Å². The minimum atomic E-state index is -0.952. The molecule has 1 aliphatic heterocycles. The number of nitrogens with one attached hydrogen (secondary N) is 1. The summed E-state index contributed by atoms with van der Waals surface area (Å²) in [6, 6.07) is 9.23. The molecule has 0 spiro atoms. The number of carboxylic acid groups (broad SMARTS) is 1. The molecule has 1 aromatic carbocycles. The molecule has 2 N–H and O–H groups in total. The van der Waals surface area contributed by atoms with E-state index >= 15 is 0 Å². The third-order valence-corrected chi connectivity index (χ3v) is 3.54. The maximum absolute atomic E-state index is 11.5. The number of rotatable bonds is 4. The Morgan fingerprint density at radius 2 is 1.96 bits per heavy atom. The Balaban J connectivity index is 0.00000100. The first-order valence-corrected chi connectivity index (χ1v) is 8.08. The van der Waals surface area contributed by atoms with Gasteiger partial charge in [0.1, 0.15) is 5.75 Å². The second kappa shape index (κ2) is 8.15. The van der Waals surface area contributed by atoms with Crippen molar-refractivity contribution in [2.75, 3.05) is 11.9 Å². The molecule has 0 fully saturated rings. The fraction of sp³-hybridized carbons (Fsp3) is 0.263. The predicted molar refractivity (Wildman–Crippen MR) is 95.2 cm³/mol. The van der Waals surface area contributed by atoms with E-state index in [2.05, 4.69) is 10.3 Å². The maximum Gasteiger partial charge on any atom is 0.336 e. The van der Waals surface area contributed by atoms with Gasteiger partial charge in [-0.25, -0.2) is 4.79 Å². The van der Waals surface area contributed by atoms with E-state index in [1.807, 2.05) is 45.0 Å². The second-order valence-electron chi connectivity index (χ2n) is 4.93. The summed E-state index contributed by atoms with van der Waals surface area (Å²) in [6.45, 7) is 6.55. The molecule has 3 rings (SSSR count). The number of anilines is 1. The van der Waals surface area contributed by atoms with Crippen LogP contribution in [0.2, 0.25) is 0 Å². The summed E-state index contributed by atoms with van der Waals surface area (Å²) in [5.41, 5.74) is 2.62. The molecule has 2 heterocycles. The van der Waals surface area contributed by atoms with Gasteiger partial charge in [-0.3, -0.25) is 4.98 Å². The Morgan fingerprint density at radius 3 is 2.58 bits per heavy atom. The highest BCUT2D eigenvalue weighted by molar-refractivity contribution is 6.17. The van der Waals surface area contributed by atoms with Crippen LogP contribution in [0.3, 0.4) is 0 Å². The molecular formula is C19H22N2O3. The lowest BCUT2D eigenvalue weighted by Gasteiger charge is -2.25. The van der Waals surface area contributed by atoms with Crippen LogP contribution in [0.5, 0.6) is 5.75 Å². The van der Waals surface area contributed by atoms with E-state index in [1.54, 1.807) is 24.5 Å². The van der Waals surface area contributed by atoms with Gasteiger partial charge in [0, 0.05) is 23.6 Å². The van der Waals surface area contributed by atoms with Gasteiger partial charge < -0.3 is 15.2 Å². The number of aliphatic carboxylic acids is 1. The third kappa shape index (κ3) is 3.74. The van der Waals surface area contributed by atoms with Gasteiger partial charge in [0.05, 0.1) is 18.2 Å². The van der Waals surface area contributed by atoms with Gasteiger partial charge in [0.25, 0.3) is 0 Å². The van der Waals surface area contributed by atoms with Gasteiger partial charge in [-0.2, -0.15) is 0 Å². The van der Waals surface area contributed by atoms with Gasteiger partial charge in [-0.05, 0) is 36.8 Å². The molecule has 5 heteroatoms. The van der Waals surface area contributed by atoms with Crippen molar-refractivity contribution in [2.45, 2.75) is 26.8 Å². The number of benzene rings is 1. The number of hydrogen-bond acceptors (Lipinski definition) is 4. The summed E-state index contributed by atoms with van der Waals surface area (Å²) >= 11 is 0. The van der Waals surface area contributed by atoms with Crippen LogP contribution in [0.25, 0.3) is 5.57 Å². The minimum Gasteiger partial charge on any atom is -0.494 e. The average molecular weight is 326 g/mol. The highest BCUT2D eigenvalue weighted by Crippen LogP contribution is 2.35. The predicted octanol–water partition coefficient (Wildman–Crippen LogP) is 4.14. The van der Waals surface area contributed by atoms with Crippen molar-refractivity contribution in [3.05, 3.63) is 59.9 Å². The van der Waals surface area contributed by atoms with Crippen LogP contribution in [-0.4, -0.2) is 22.7 Å². The molecule has 1 aliphatic rings. The lowest BCUT2D eigenvalue weighted by atomic mass is 9.95. The van der Waals surface area contributed by atoms with Crippen LogP contribution in [0.4, 0.5) is 5.69 Å². The normalized spacial score (nSPS) is 15.1. The largest absolute Gasteiger partial charge is 0.494 e. The van der Waals surface area contributed by atoms with Crippen LogP contribution < -0.4 is 10.1 Å². The molecule has 2 aromatic rings. The number of nitrogens with zero attached hydrogens (tertiary/aromatic N) is 1. The molecule has 5 nitrogen and oxygen atoms in total. The van der Waals surface area contributed by atoms with Crippen molar-refractivity contribution in [1.29, 1.82) is 0 Å². The van der Waals surface area contributed by atoms with Crippen molar-refractivity contribution in [3.63, 3.8) is 0 Å². The number of aromatic nitrogens is 1. The summed E-state index contributed by atoms with van der Waals surface area (Å²) in [5.74, 6) is -0.152. The molecule has 126 valence electrons. The highest BCUT2D eigenvalue weighted by Gasteiger charge is 2.24. The minimum absolute atomic E-state index is 0.198. The Kier molecular flexibility index (Phi) is 5.95. The van der Waals surface area contributed by atoms with E-state index < -0.39 is 5.97 Å². The number of ether oxygens (including phenoxy) is 1. The SMILES string of the molecule is CC.CCOc1ccc(C2C=C(C(=O)O)c3cnccc3N2)cc1. The van der Waals surface area contributed by atoms with Crippen LogP contribution in [0.15, 0.2) is 48.8 Å². The fourth-order valence-corrected chi connectivity index (χ4v) is 2.50. The molecule has 1 unspecified atom stereocenters. The van der Waals surface area contributed by atoms with E-state index in [4.69, 9.17) is 4.74 Å². The first-order valence-electron chi connectivity index (χ1n) is 8.08. The molecule has 0 radical (unpaired) electrons. The second-order valence-corrected chi connectivity index (χ2v) is 4.93. The zero-order valence-corrected chi connectivity index (χ0v) is 14.1. The van der Waals surface area contributed by atoms with E-state index in [0.717, 1.165) is 17.0 Å². The zero-order chi connectivity index (χ0) is 17.5. The smallest absolute Gasteiger partial charge is 0.336 e. The van der Waals surface area contributed by atoms with Crippen molar-refractivity contribution >= 4 is 17.2 Å². The van der Waals surface area contributed by atoms with Gasteiger partial charge in [0.2, 0.25) is 0 Å². The number of carbonyl (C=O) groups is 1. The van der Waals surface area contributed by atoms with Crippen molar-refractivity contribution in [2.24, 2.45) is 0 Å². The first kappa shape index (κ1) is 17.5. The van der Waals surface area contributed by atoms with E-state index in [0.29, 0.717) is 12.2 Å². The molecule has 0 aliphatic carbocycles. The number of fused-ring (bicyclic) bond motifs is 1. The van der Waals surface area contributed by atoms with E-state index in [9.17, 15) is 9.90 Å². The maximum atomic E-state index is 11.5. The Labute approximate surface area is 142 Å². The zero-order valence-electron chi connectivity index (χ0n) is 14.1. The monoisotopic (exact) mass is 326 g/mol. The molecule has 1 atom stereocenters. The fourth-order valence-electron chi connectivity index (χ4n) is 2.50. The van der Waals surface area contributed by atoms with Crippen molar-refractivity contribution < 1.29 is 14.6 Å². The lowest BCUT2D eigenvalue weighted by molar-refractivity contribution is -0.130. The molecule has 0 saturated heterocycles. The number of pyridine rings is 1. The topological polar surface area (TPSA) is 71.5 Å². The Bertz CT molecular complexity index is 724. The summed E-state index contributed by atoms with van der Waals surface area (Å²) in [4.78, 5) is 15.5. The Hall–Kier alpha value is -2.82. The molecule has 0 saturated carbocycles. The summed E-state index contributed by atoms with van der Waals surface area (Å²) in [7, 11) is 0. The van der Waals surface area contributed by atoms with Crippen LogP contribution in [0.1, 0.15) is 37.9 Å².